The number of ether oxygens (including phenoxy) is 1. The average molecular weight is 217 g/mol. The fourth-order valence-electron chi connectivity index (χ4n) is 0.384. The van der Waals surface area contributed by atoms with Gasteiger partial charge in [-0.1, -0.05) is 6.92 Å². The van der Waals surface area contributed by atoms with Crippen molar-refractivity contribution in [3.63, 3.8) is 0 Å². The first kappa shape index (κ1) is 13.1. The molecule has 0 saturated carbocycles. The first-order valence-corrected chi connectivity index (χ1v) is 2.92. The second kappa shape index (κ2) is 7.55. The van der Waals surface area contributed by atoms with Crippen LogP contribution in [0.2, 0.25) is 0 Å². The maximum atomic E-state index is 10.5. The molecule has 0 aliphatic heterocycles. The molecule has 0 aromatic rings. The van der Waals surface area contributed by atoms with Gasteiger partial charge in [0.25, 0.3) is 0 Å². The van der Waals surface area contributed by atoms with Gasteiger partial charge in [-0.3, -0.25) is 11.2 Å². The fourth-order valence-corrected chi connectivity index (χ4v) is 0.384. The van der Waals surface area contributed by atoms with Gasteiger partial charge in [0, 0.05) is 32.7 Å². The van der Waals surface area contributed by atoms with Crippen molar-refractivity contribution in [2.45, 2.75) is 13.3 Å². The second-order valence-corrected chi connectivity index (χ2v) is 1.96. The van der Waals surface area contributed by atoms with Gasteiger partial charge in [0.2, 0.25) is 0 Å². The Morgan fingerprint density at radius 3 is 2.60 bits per heavy atom. The molecule has 0 aromatic heterocycles. The van der Waals surface area contributed by atoms with Crippen LogP contribution in [0.1, 0.15) is 13.3 Å². The molecule has 0 amide bonds. The van der Waals surface area contributed by atoms with Crippen LogP contribution in [0.3, 0.4) is 0 Å². The zero-order valence-electron chi connectivity index (χ0n) is 6.46. The van der Waals surface area contributed by atoms with E-state index in [4.69, 9.17) is 0 Å². The summed E-state index contributed by atoms with van der Waals surface area (Å²) in [7, 11) is 1.37. The standard InChI is InChI=1S/C7H12O2.Y/c1-4-6(2)5-7(8)9-3;/h5-6H,1,4H2,2-3H3;/q-2;. The summed E-state index contributed by atoms with van der Waals surface area (Å²) in [5, 5.41) is 0. The van der Waals surface area contributed by atoms with E-state index in [1.54, 1.807) is 0 Å². The summed E-state index contributed by atoms with van der Waals surface area (Å²) < 4.78 is 4.40. The molecule has 0 bridgehead atoms. The van der Waals surface area contributed by atoms with E-state index >= 15 is 0 Å². The van der Waals surface area contributed by atoms with Crippen LogP contribution in [-0.2, 0) is 42.2 Å². The van der Waals surface area contributed by atoms with E-state index in [1.807, 2.05) is 6.92 Å². The SMILES string of the molecule is [CH2-]CC(C)[CH-]C(=O)OC.[Y]. The van der Waals surface area contributed by atoms with E-state index in [2.05, 4.69) is 11.7 Å². The Bertz CT molecular complexity index is 93.6. The number of carbonyl (C=O) groups is 1. The van der Waals surface area contributed by atoms with E-state index in [0.29, 0.717) is 0 Å². The van der Waals surface area contributed by atoms with Crippen LogP contribution in [0, 0.1) is 19.3 Å². The molecule has 0 rings (SSSR count). The van der Waals surface area contributed by atoms with Crippen molar-refractivity contribution < 1.29 is 42.2 Å². The summed E-state index contributed by atoms with van der Waals surface area (Å²) >= 11 is 0. The largest absolute Gasteiger partial charge is 0.491 e. The summed E-state index contributed by atoms with van der Waals surface area (Å²) in [6.07, 6.45) is 2.25. The molecule has 3 heteroatoms. The fraction of sp³-hybridized carbons (Fsp3) is 0.571. The summed E-state index contributed by atoms with van der Waals surface area (Å²) in [4.78, 5) is 10.5. The smallest absolute Gasteiger partial charge is 0.166 e. The minimum Gasteiger partial charge on any atom is -0.491 e. The van der Waals surface area contributed by atoms with Gasteiger partial charge < -0.3 is 11.7 Å². The number of methoxy groups -OCH3 is 1. The van der Waals surface area contributed by atoms with E-state index in [0.717, 1.165) is 6.42 Å². The number of carbonyl (C=O) groups excluding carboxylic acids is 1. The van der Waals surface area contributed by atoms with Gasteiger partial charge in [-0.25, -0.2) is 6.42 Å². The minimum absolute atomic E-state index is 0. The molecular weight excluding hydrogens is 205 g/mol. The Labute approximate surface area is 87.6 Å². The van der Waals surface area contributed by atoms with Gasteiger partial charge in [0.05, 0.1) is 7.11 Å². The van der Waals surface area contributed by atoms with Crippen molar-refractivity contribution in [2.24, 2.45) is 5.92 Å². The van der Waals surface area contributed by atoms with Crippen molar-refractivity contribution in [3.8, 4) is 0 Å². The van der Waals surface area contributed by atoms with Crippen molar-refractivity contribution in [1.82, 2.24) is 0 Å². The Kier molecular flexibility index (Phi) is 9.86. The van der Waals surface area contributed by atoms with Gasteiger partial charge in [0.15, 0.2) is 5.97 Å². The van der Waals surface area contributed by atoms with Crippen molar-refractivity contribution in [1.29, 1.82) is 0 Å². The van der Waals surface area contributed by atoms with Crippen molar-refractivity contribution in [3.05, 3.63) is 13.3 Å². The number of rotatable bonds is 3. The van der Waals surface area contributed by atoms with Crippen LogP contribution in [0.25, 0.3) is 0 Å². The normalized spacial score (nSPS) is 11.1. The Hall–Kier alpha value is 0.444. The third-order valence-corrected chi connectivity index (χ3v) is 1.08. The van der Waals surface area contributed by atoms with Crippen molar-refractivity contribution in [2.75, 3.05) is 7.11 Å². The van der Waals surface area contributed by atoms with Crippen LogP contribution in [0.4, 0.5) is 0 Å². The Morgan fingerprint density at radius 1 is 1.80 bits per heavy atom. The number of esters is 1. The third kappa shape index (κ3) is 6.56. The first-order chi connectivity index (χ1) is 4.20. The molecule has 0 saturated heterocycles. The first-order valence-electron chi connectivity index (χ1n) is 2.92. The average Bonchev–Trinajstić information content (AvgIpc) is 1.87. The molecule has 1 unspecified atom stereocenters. The van der Waals surface area contributed by atoms with Crippen LogP contribution in [-0.4, -0.2) is 13.1 Å². The van der Waals surface area contributed by atoms with Gasteiger partial charge >= 0.3 is 0 Å². The summed E-state index contributed by atoms with van der Waals surface area (Å²) in [5.74, 6) is -0.0522. The third-order valence-electron chi connectivity index (χ3n) is 1.08. The molecule has 2 nitrogen and oxygen atoms in total. The monoisotopic (exact) mass is 217 g/mol. The minimum atomic E-state index is -0.272. The zero-order chi connectivity index (χ0) is 7.28. The molecule has 1 radical (unpaired) electrons. The molecule has 0 aliphatic rings. The molecule has 10 heavy (non-hydrogen) atoms. The number of hydrogen-bond acceptors (Lipinski definition) is 2. The second-order valence-electron chi connectivity index (χ2n) is 1.96. The number of hydrogen-bond donors (Lipinski definition) is 0. The summed E-state index contributed by atoms with van der Waals surface area (Å²) in [6.45, 7) is 5.55. The molecular formula is C7H12O2Y-2. The van der Waals surface area contributed by atoms with Crippen LogP contribution >= 0.6 is 0 Å². The molecule has 1 atom stereocenters. The molecule has 0 N–H and O–H groups in total. The van der Waals surface area contributed by atoms with Crippen LogP contribution in [0.15, 0.2) is 0 Å². The van der Waals surface area contributed by atoms with E-state index < -0.39 is 0 Å². The van der Waals surface area contributed by atoms with Crippen LogP contribution < -0.4 is 0 Å². The molecule has 0 aromatic carbocycles. The van der Waals surface area contributed by atoms with Crippen LogP contribution in [0.5, 0.6) is 0 Å². The van der Waals surface area contributed by atoms with Gasteiger partial charge in [-0.2, -0.15) is 5.92 Å². The van der Waals surface area contributed by atoms with Gasteiger partial charge in [-0.15, -0.1) is 0 Å². The molecule has 0 heterocycles. The van der Waals surface area contributed by atoms with E-state index in [1.165, 1.54) is 13.5 Å². The van der Waals surface area contributed by atoms with Crippen molar-refractivity contribution >= 4 is 5.97 Å². The molecule has 57 valence electrons. The predicted octanol–water partition coefficient (Wildman–Crippen LogP) is 1.22. The zero-order valence-corrected chi connectivity index (χ0v) is 9.30. The maximum absolute atomic E-state index is 10.5. The van der Waals surface area contributed by atoms with Gasteiger partial charge in [-0.05, 0) is 0 Å². The quantitative estimate of drug-likeness (QED) is 0.524. The molecule has 0 fully saturated rings. The van der Waals surface area contributed by atoms with Gasteiger partial charge in [0.1, 0.15) is 0 Å². The Balaban J connectivity index is 0. The summed E-state index contributed by atoms with van der Waals surface area (Å²) in [5.41, 5.74) is 0. The summed E-state index contributed by atoms with van der Waals surface area (Å²) in [6, 6.07) is 0. The van der Waals surface area contributed by atoms with E-state index in [-0.39, 0.29) is 44.6 Å². The maximum Gasteiger partial charge on any atom is 0.166 e. The van der Waals surface area contributed by atoms with E-state index in [9.17, 15) is 4.79 Å². The topological polar surface area (TPSA) is 26.3 Å². The molecule has 0 aliphatic carbocycles. The molecule has 0 spiro atoms. The predicted molar refractivity (Wildman–Crippen MR) is 35.5 cm³/mol. The Morgan fingerprint density at radius 2 is 2.30 bits per heavy atom.